The molecular weight excluding hydrogens is 482 g/mol. The number of carboxylic acid groups (broad SMARTS) is 1. The molecule has 0 unspecified atom stereocenters. The van der Waals surface area contributed by atoms with Crippen LogP contribution in [0.3, 0.4) is 0 Å². The minimum absolute atomic E-state index is 0.0169. The highest BCUT2D eigenvalue weighted by Gasteiger charge is 2.49. The lowest BCUT2D eigenvalue weighted by atomic mass is 9.63. The summed E-state index contributed by atoms with van der Waals surface area (Å²) in [6.45, 7) is 1.05. The summed E-state index contributed by atoms with van der Waals surface area (Å²) in [7, 11) is 1.48. The van der Waals surface area contributed by atoms with E-state index in [9.17, 15) is 19.5 Å². The molecule has 0 spiro atoms. The van der Waals surface area contributed by atoms with Crippen LogP contribution in [0, 0.1) is 0 Å². The van der Waals surface area contributed by atoms with E-state index in [1.807, 2.05) is 59.5 Å². The molecule has 2 atom stereocenters. The number of hydrogen-bond acceptors (Lipinski definition) is 5. The third-order valence-electron chi connectivity index (χ3n) is 7.88. The number of rotatable bonds is 6. The van der Waals surface area contributed by atoms with E-state index in [1.54, 1.807) is 18.3 Å². The Bertz CT molecular complexity index is 1340. The summed E-state index contributed by atoms with van der Waals surface area (Å²) in [5.74, 6) is -1.24. The number of methoxy groups -OCH3 is 1. The zero-order valence-electron chi connectivity index (χ0n) is 21.3. The van der Waals surface area contributed by atoms with Gasteiger partial charge in [-0.3, -0.25) is 14.4 Å². The number of aromatic nitrogens is 1. The van der Waals surface area contributed by atoms with Crippen molar-refractivity contribution >= 4 is 17.8 Å². The van der Waals surface area contributed by atoms with Crippen LogP contribution in [0.15, 0.2) is 72.9 Å². The summed E-state index contributed by atoms with van der Waals surface area (Å²) in [6.07, 6.45) is 3.65. The smallest absolute Gasteiger partial charge is 0.318 e. The lowest BCUT2D eigenvalue weighted by Crippen LogP contribution is -2.49. The summed E-state index contributed by atoms with van der Waals surface area (Å²) >= 11 is 0. The molecule has 0 radical (unpaired) electrons. The van der Waals surface area contributed by atoms with Gasteiger partial charge >= 0.3 is 5.97 Å². The van der Waals surface area contributed by atoms with Gasteiger partial charge in [-0.2, -0.15) is 0 Å². The predicted octanol–water partition coefficient (Wildman–Crippen LogP) is 3.76. The van der Waals surface area contributed by atoms with Crippen molar-refractivity contribution in [2.24, 2.45) is 0 Å². The summed E-state index contributed by atoms with van der Waals surface area (Å²) in [6, 6.07) is 20.1. The van der Waals surface area contributed by atoms with Gasteiger partial charge in [0.1, 0.15) is 11.0 Å². The number of likely N-dealkylation sites (tertiary alicyclic amines) is 1. The van der Waals surface area contributed by atoms with E-state index < -0.39 is 17.3 Å². The molecule has 2 heterocycles. The monoisotopic (exact) mass is 513 g/mol. The van der Waals surface area contributed by atoms with E-state index >= 15 is 0 Å². The van der Waals surface area contributed by atoms with E-state index in [0.717, 1.165) is 11.1 Å². The molecule has 0 saturated carbocycles. The van der Waals surface area contributed by atoms with Gasteiger partial charge in [0.25, 0.3) is 5.91 Å². The van der Waals surface area contributed by atoms with Crippen LogP contribution < -0.4 is 10.1 Å². The largest absolute Gasteiger partial charge is 0.480 e. The lowest BCUT2D eigenvalue weighted by molar-refractivity contribution is -0.144. The first-order valence-electron chi connectivity index (χ1n) is 12.9. The number of benzene rings is 2. The number of ether oxygens (including phenoxy) is 1. The molecule has 1 aliphatic carbocycles. The van der Waals surface area contributed by atoms with E-state index in [4.69, 9.17) is 4.74 Å². The number of carbonyl (C=O) groups excluding carboxylic acids is 2. The van der Waals surface area contributed by atoms with Gasteiger partial charge < -0.3 is 20.1 Å². The molecule has 8 heteroatoms. The van der Waals surface area contributed by atoms with Gasteiger partial charge in [-0.05, 0) is 54.5 Å². The highest BCUT2D eigenvalue weighted by Crippen LogP contribution is 2.47. The van der Waals surface area contributed by atoms with Crippen molar-refractivity contribution in [3.8, 4) is 5.88 Å². The first kappa shape index (κ1) is 25.4. The molecule has 2 aromatic carbocycles. The lowest BCUT2D eigenvalue weighted by Gasteiger charge is -2.41. The minimum atomic E-state index is -1.18. The molecular formula is C30H31N3O5. The number of fused-ring (bicyclic) bond motifs is 1. The van der Waals surface area contributed by atoms with Crippen molar-refractivity contribution in [2.75, 3.05) is 20.2 Å². The SMILES string of the molecule is COc1ncccc1C(=O)NC1CCN(C(=O)[C@@H]2CC[C@](C(=O)O)(c3ccccc3)c3ccccc32)CC1. The molecule has 2 N–H and O–H groups in total. The van der Waals surface area contributed by atoms with Gasteiger partial charge in [-0.25, -0.2) is 4.98 Å². The van der Waals surface area contributed by atoms with Crippen LogP contribution in [0.5, 0.6) is 5.88 Å². The van der Waals surface area contributed by atoms with Gasteiger partial charge in [-0.1, -0.05) is 54.6 Å². The Kier molecular flexibility index (Phi) is 7.13. The van der Waals surface area contributed by atoms with E-state index in [0.29, 0.717) is 49.9 Å². The van der Waals surface area contributed by atoms with Crippen molar-refractivity contribution in [1.29, 1.82) is 0 Å². The number of carboxylic acids is 1. The number of carbonyl (C=O) groups is 3. The molecule has 8 nitrogen and oxygen atoms in total. The van der Waals surface area contributed by atoms with Crippen LogP contribution in [0.2, 0.25) is 0 Å². The van der Waals surface area contributed by atoms with Gasteiger partial charge in [0.2, 0.25) is 11.8 Å². The van der Waals surface area contributed by atoms with Crippen molar-refractivity contribution in [2.45, 2.75) is 43.1 Å². The number of pyridine rings is 1. The van der Waals surface area contributed by atoms with Crippen LogP contribution >= 0.6 is 0 Å². The van der Waals surface area contributed by atoms with Crippen molar-refractivity contribution in [3.63, 3.8) is 0 Å². The Labute approximate surface area is 221 Å². The summed E-state index contributed by atoms with van der Waals surface area (Å²) < 4.78 is 5.20. The molecule has 0 bridgehead atoms. The van der Waals surface area contributed by atoms with Crippen molar-refractivity contribution < 1.29 is 24.2 Å². The molecule has 5 rings (SSSR count). The number of amides is 2. The third kappa shape index (κ3) is 4.51. The summed E-state index contributed by atoms with van der Waals surface area (Å²) in [4.78, 5) is 45.2. The van der Waals surface area contributed by atoms with Crippen LogP contribution in [-0.4, -0.2) is 59.0 Å². The molecule has 3 aromatic rings. The normalized spacial score (nSPS) is 21.3. The number of hydrogen-bond donors (Lipinski definition) is 2. The second kappa shape index (κ2) is 10.7. The Morgan fingerprint density at radius 3 is 2.39 bits per heavy atom. The maximum atomic E-state index is 13.7. The minimum Gasteiger partial charge on any atom is -0.480 e. The second-order valence-corrected chi connectivity index (χ2v) is 9.89. The van der Waals surface area contributed by atoms with Crippen LogP contribution in [0.4, 0.5) is 0 Å². The number of aliphatic carboxylic acids is 1. The van der Waals surface area contributed by atoms with Gasteiger partial charge in [0, 0.05) is 25.3 Å². The van der Waals surface area contributed by atoms with Crippen LogP contribution in [0.25, 0.3) is 0 Å². The van der Waals surface area contributed by atoms with E-state index in [-0.39, 0.29) is 23.7 Å². The zero-order chi connectivity index (χ0) is 26.7. The number of piperidine rings is 1. The van der Waals surface area contributed by atoms with E-state index in [1.165, 1.54) is 7.11 Å². The third-order valence-corrected chi connectivity index (χ3v) is 7.88. The van der Waals surface area contributed by atoms with E-state index in [2.05, 4.69) is 10.3 Å². The standard InChI is InChI=1S/C30H31N3O5/c1-38-27-24(11-7-17-31-27)26(34)32-21-14-18-33(19-15-21)28(35)23-13-16-30(29(36)37,20-8-3-2-4-9-20)25-12-6-5-10-22(23)25/h2-12,17,21,23H,13-16,18-19H2,1H3,(H,32,34)(H,36,37)/t23-,30+/m1/s1. The first-order valence-corrected chi connectivity index (χ1v) is 12.9. The fourth-order valence-corrected chi connectivity index (χ4v) is 5.92. The molecule has 1 saturated heterocycles. The second-order valence-electron chi connectivity index (χ2n) is 9.89. The Balaban J connectivity index is 1.30. The quantitative estimate of drug-likeness (QED) is 0.520. The summed E-state index contributed by atoms with van der Waals surface area (Å²) in [5.41, 5.74) is 1.41. The molecule has 1 aliphatic heterocycles. The van der Waals surface area contributed by atoms with Gasteiger partial charge in [0.15, 0.2) is 0 Å². The Hall–Kier alpha value is -4.20. The average molecular weight is 514 g/mol. The Morgan fingerprint density at radius 1 is 0.974 bits per heavy atom. The maximum Gasteiger partial charge on any atom is 0.318 e. The first-order chi connectivity index (χ1) is 18.5. The average Bonchev–Trinajstić information content (AvgIpc) is 2.97. The van der Waals surface area contributed by atoms with Gasteiger partial charge in [0.05, 0.1) is 13.0 Å². The molecule has 196 valence electrons. The van der Waals surface area contributed by atoms with Crippen molar-refractivity contribution in [3.05, 3.63) is 95.2 Å². The zero-order valence-corrected chi connectivity index (χ0v) is 21.3. The highest BCUT2D eigenvalue weighted by atomic mass is 16.5. The topological polar surface area (TPSA) is 109 Å². The maximum absolute atomic E-state index is 13.7. The molecule has 2 aliphatic rings. The van der Waals surface area contributed by atoms with Crippen LogP contribution in [0.1, 0.15) is 58.6 Å². The Morgan fingerprint density at radius 2 is 1.68 bits per heavy atom. The molecule has 38 heavy (non-hydrogen) atoms. The number of nitrogens with zero attached hydrogens (tertiary/aromatic N) is 2. The van der Waals surface area contributed by atoms with Gasteiger partial charge in [-0.15, -0.1) is 0 Å². The predicted molar refractivity (Wildman–Crippen MR) is 141 cm³/mol. The molecule has 1 fully saturated rings. The van der Waals surface area contributed by atoms with Crippen molar-refractivity contribution in [1.82, 2.24) is 15.2 Å². The summed E-state index contributed by atoms with van der Waals surface area (Å²) in [5, 5.41) is 13.5. The van der Waals surface area contributed by atoms with Crippen LogP contribution in [-0.2, 0) is 15.0 Å². The molecule has 1 aromatic heterocycles. The fourth-order valence-electron chi connectivity index (χ4n) is 5.92. The number of nitrogens with one attached hydrogen (secondary N) is 1. The highest BCUT2D eigenvalue weighted by molar-refractivity contribution is 5.96. The fraction of sp³-hybridized carbons (Fsp3) is 0.333. The molecule has 2 amide bonds.